The van der Waals surface area contributed by atoms with Gasteiger partial charge < -0.3 is 4.74 Å². The number of carbonyl (C=O) groups is 1. The van der Waals surface area contributed by atoms with Gasteiger partial charge in [0, 0.05) is 17.3 Å². The highest BCUT2D eigenvalue weighted by Crippen LogP contribution is 2.22. The lowest BCUT2D eigenvalue weighted by Gasteiger charge is -2.21. The van der Waals surface area contributed by atoms with Crippen LogP contribution in [0.5, 0.6) is 0 Å². The van der Waals surface area contributed by atoms with E-state index in [1.54, 1.807) is 10.8 Å². The largest absolute Gasteiger partial charge is 0.443 e. The number of aromatic nitrogens is 2. The third-order valence-corrected chi connectivity index (χ3v) is 2.83. The van der Waals surface area contributed by atoms with Crippen molar-refractivity contribution in [2.75, 3.05) is 0 Å². The zero-order valence-electron chi connectivity index (χ0n) is 12.8. The van der Waals surface area contributed by atoms with E-state index in [0.29, 0.717) is 11.6 Å². The molecule has 4 nitrogen and oxygen atoms in total. The quantitative estimate of drug-likeness (QED) is 0.830. The molecule has 2 aromatic heterocycles. The summed E-state index contributed by atoms with van der Waals surface area (Å²) in [5.41, 5.74) is 1.10. The second kappa shape index (κ2) is 5.27. The predicted molar refractivity (Wildman–Crippen MR) is 79.9 cm³/mol. The summed E-state index contributed by atoms with van der Waals surface area (Å²) in [6.45, 7) is 9.86. The van der Waals surface area contributed by atoms with Crippen molar-refractivity contribution in [2.24, 2.45) is 5.92 Å². The van der Waals surface area contributed by atoms with E-state index in [-0.39, 0.29) is 6.09 Å². The number of rotatable bonds is 2. The Morgan fingerprint density at radius 2 is 2.10 bits per heavy atom. The molecule has 2 rings (SSSR count). The van der Waals surface area contributed by atoms with Crippen LogP contribution in [0.2, 0.25) is 0 Å². The minimum absolute atomic E-state index is 0.359. The topological polar surface area (TPSA) is 44.1 Å². The Morgan fingerprint density at radius 3 is 2.70 bits per heavy atom. The van der Waals surface area contributed by atoms with Gasteiger partial charge in [-0.15, -0.1) is 0 Å². The molecule has 4 heteroatoms. The molecule has 0 fully saturated rings. The Hall–Kier alpha value is -1.84. The maximum atomic E-state index is 12.4. The van der Waals surface area contributed by atoms with Gasteiger partial charge in [0.25, 0.3) is 0 Å². The molecular weight excluding hydrogens is 252 g/mol. The third-order valence-electron chi connectivity index (χ3n) is 2.83. The standard InChI is InChI=1S/C16H22N2O2/c1-11(2)9-13-10-12-7-6-8-17-14(12)18(13)15(19)20-16(3,4)5/h6-8,10-11H,9H2,1-5H3. The van der Waals surface area contributed by atoms with Gasteiger partial charge in [0.2, 0.25) is 0 Å². The Morgan fingerprint density at radius 1 is 1.40 bits per heavy atom. The van der Waals surface area contributed by atoms with Crippen LogP contribution in [-0.4, -0.2) is 21.2 Å². The van der Waals surface area contributed by atoms with E-state index in [1.165, 1.54) is 0 Å². The van der Waals surface area contributed by atoms with Crippen LogP contribution in [0.3, 0.4) is 0 Å². The van der Waals surface area contributed by atoms with Crippen LogP contribution in [0, 0.1) is 5.92 Å². The van der Waals surface area contributed by atoms with Gasteiger partial charge in [-0.1, -0.05) is 13.8 Å². The zero-order chi connectivity index (χ0) is 14.9. The van der Waals surface area contributed by atoms with Crippen LogP contribution >= 0.6 is 0 Å². The first-order chi connectivity index (χ1) is 9.28. The average molecular weight is 274 g/mol. The van der Waals surface area contributed by atoms with Gasteiger partial charge in [0.15, 0.2) is 0 Å². The van der Waals surface area contributed by atoms with Gasteiger partial charge in [0.1, 0.15) is 11.2 Å². The molecule has 0 saturated carbocycles. The Balaban J connectivity index is 2.50. The lowest BCUT2D eigenvalue weighted by Crippen LogP contribution is -2.28. The van der Waals surface area contributed by atoms with Crippen molar-refractivity contribution in [2.45, 2.75) is 46.6 Å². The van der Waals surface area contributed by atoms with Crippen LogP contribution in [0.1, 0.15) is 40.3 Å². The number of fused-ring (bicyclic) bond motifs is 1. The SMILES string of the molecule is CC(C)Cc1cc2cccnc2n1C(=O)OC(C)(C)C. The van der Waals surface area contributed by atoms with E-state index in [1.807, 2.05) is 39.0 Å². The molecule has 0 saturated heterocycles. The van der Waals surface area contributed by atoms with E-state index < -0.39 is 5.60 Å². The summed E-state index contributed by atoms with van der Waals surface area (Å²) in [6.07, 6.45) is 2.15. The number of ether oxygens (including phenoxy) is 1. The van der Waals surface area contributed by atoms with Crippen molar-refractivity contribution in [3.63, 3.8) is 0 Å². The van der Waals surface area contributed by atoms with Crippen LogP contribution in [-0.2, 0) is 11.2 Å². The second-order valence-electron chi connectivity index (χ2n) is 6.47. The van der Waals surface area contributed by atoms with E-state index in [9.17, 15) is 4.79 Å². The molecule has 0 radical (unpaired) electrons. The van der Waals surface area contributed by atoms with Crippen molar-refractivity contribution in [3.05, 3.63) is 30.1 Å². The number of carbonyl (C=O) groups excluding carboxylic acids is 1. The van der Waals surface area contributed by atoms with Crippen molar-refractivity contribution in [3.8, 4) is 0 Å². The van der Waals surface area contributed by atoms with Gasteiger partial charge in [-0.05, 0) is 51.3 Å². The summed E-state index contributed by atoms with van der Waals surface area (Å²) in [5, 5.41) is 0.967. The summed E-state index contributed by atoms with van der Waals surface area (Å²) < 4.78 is 7.09. The molecule has 0 N–H and O–H groups in total. The number of pyridine rings is 1. The van der Waals surface area contributed by atoms with E-state index >= 15 is 0 Å². The molecule has 2 aromatic rings. The second-order valence-corrected chi connectivity index (χ2v) is 6.47. The molecular formula is C16H22N2O2. The fourth-order valence-corrected chi connectivity index (χ4v) is 2.17. The minimum Gasteiger partial charge on any atom is -0.443 e. The van der Waals surface area contributed by atoms with Crippen molar-refractivity contribution in [1.82, 2.24) is 9.55 Å². The van der Waals surface area contributed by atoms with Gasteiger partial charge in [-0.25, -0.2) is 14.3 Å². The maximum absolute atomic E-state index is 12.4. The Kier molecular flexibility index (Phi) is 3.84. The monoisotopic (exact) mass is 274 g/mol. The van der Waals surface area contributed by atoms with Crippen molar-refractivity contribution >= 4 is 17.1 Å². The molecule has 0 aliphatic rings. The first-order valence-corrected chi connectivity index (χ1v) is 6.96. The van der Waals surface area contributed by atoms with Gasteiger partial charge in [-0.3, -0.25) is 0 Å². The number of hydrogen-bond acceptors (Lipinski definition) is 3. The molecule has 2 heterocycles. The summed E-state index contributed by atoms with van der Waals surface area (Å²) in [4.78, 5) is 16.8. The van der Waals surface area contributed by atoms with Crippen molar-refractivity contribution < 1.29 is 9.53 Å². The molecule has 0 spiro atoms. The lowest BCUT2D eigenvalue weighted by atomic mass is 10.1. The average Bonchev–Trinajstić information content (AvgIpc) is 2.63. The summed E-state index contributed by atoms with van der Waals surface area (Å²) in [7, 11) is 0. The summed E-state index contributed by atoms with van der Waals surface area (Å²) >= 11 is 0. The predicted octanol–water partition coefficient (Wildman–Crippen LogP) is 4.02. The molecule has 0 aliphatic carbocycles. The Bertz CT molecular complexity index is 621. The first-order valence-electron chi connectivity index (χ1n) is 6.96. The van der Waals surface area contributed by atoms with E-state index in [2.05, 4.69) is 18.8 Å². The fourth-order valence-electron chi connectivity index (χ4n) is 2.17. The molecule has 0 unspecified atom stereocenters. The highest BCUT2D eigenvalue weighted by molar-refractivity contribution is 5.88. The minimum atomic E-state index is -0.516. The van der Waals surface area contributed by atoms with E-state index in [4.69, 9.17) is 4.74 Å². The molecule has 0 aliphatic heterocycles. The van der Waals surface area contributed by atoms with Gasteiger partial charge >= 0.3 is 6.09 Å². The van der Waals surface area contributed by atoms with Crippen molar-refractivity contribution in [1.29, 1.82) is 0 Å². The van der Waals surface area contributed by atoms with Gasteiger partial charge in [-0.2, -0.15) is 0 Å². The summed E-state index contributed by atoms with van der Waals surface area (Å²) in [6, 6.07) is 5.86. The van der Waals surface area contributed by atoms with Crippen LogP contribution in [0.25, 0.3) is 11.0 Å². The lowest BCUT2D eigenvalue weighted by molar-refractivity contribution is 0.0539. The zero-order valence-corrected chi connectivity index (χ0v) is 12.8. The van der Waals surface area contributed by atoms with Gasteiger partial charge in [0.05, 0.1) is 0 Å². The highest BCUT2D eigenvalue weighted by atomic mass is 16.6. The molecule has 0 atom stereocenters. The summed E-state index contributed by atoms with van der Waals surface area (Å²) in [5.74, 6) is 0.459. The van der Waals surface area contributed by atoms with Crippen LogP contribution in [0.4, 0.5) is 4.79 Å². The van der Waals surface area contributed by atoms with E-state index in [0.717, 1.165) is 17.5 Å². The maximum Gasteiger partial charge on any atom is 0.420 e. The highest BCUT2D eigenvalue weighted by Gasteiger charge is 2.22. The number of nitrogens with zero attached hydrogens (tertiary/aromatic N) is 2. The number of hydrogen-bond donors (Lipinski definition) is 0. The molecule has 0 bridgehead atoms. The first kappa shape index (κ1) is 14.6. The smallest absolute Gasteiger partial charge is 0.420 e. The Labute approximate surface area is 119 Å². The molecule has 20 heavy (non-hydrogen) atoms. The molecule has 0 amide bonds. The molecule has 108 valence electrons. The molecule has 0 aromatic carbocycles. The fraction of sp³-hybridized carbons (Fsp3) is 0.500. The van der Waals surface area contributed by atoms with Crippen LogP contribution < -0.4 is 0 Å². The van der Waals surface area contributed by atoms with Crippen LogP contribution in [0.15, 0.2) is 24.4 Å². The normalized spacial score (nSPS) is 12.1. The third kappa shape index (κ3) is 3.18.